The molecule has 0 saturated heterocycles. The maximum Gasteiger partial charge on any atom is 0.416 e. The second kappa shape index (κ2) is 6.60. The van der Waals surface area contributed by atoms with Crippen molar-refractivity contribution in [2.45, 2.75) is 18.5 Å². The van der Waals surface area contributed by atoms with Gasteiger partial charge in [-0.05, 0) is 17.7 Å². The summed E-state index contributed by atoms with van der Waals surface area (Å²) in [5.74, 6) is -0.363. The minimum Gasteiger partial charge on any atom is -0.294 e. The van der Waals surface area contributed by atoms with Crippen LogP contribution in [0, 0.1) is 0 Å². The number of ketones is 1. The van der Waals surface area contributed by atoms with Crippen molar-refractivity contribution < 1.29 is 18.0 Å². The van der Waals surface area contributed by atoms with E-state index in [0.717, 1.165) is 17.7 Å². The number of allylic oxidation sites excluding steroid dienone is 1. The molecule has 0 aliphatic carbocycles. The van der Waals surface area contributed by atoms with Gasteiger partial charge >= 0.3 is 6.18 Å². The van der Waals surface area contributed by atoms with Crippen molar-refractivity contribution in [3.63, 3.8) is 0 Å². The van der Waals surface area contributed by atoms with E-state index in [1.807, 2.05) is 30.3 Å². The van der Waals surface area contributed by atoms with Gasteiger partial charge in [0.05, 0.1) is 5.56 Å². The van der Waals surface area contributed by atoms with Crippen molar-refractivity contribution in [2.24, 2.45) is 0 Å². The van der Waals surface area contributed by atoms with Gasteiger partial charge < -0.3 is 0 Å². The van der Waals surface area contributed by atoms with Crippen LogP contribution < -0.4 is 0 Å². The van der Waals surface area contributed by atoms with E-state index in [1.165, 1.54) is 12.1 Å². The van der Waals surface area contributed by atoms with Gasteiger partial charge in [-0.1, -0.05) is 48.5 Å². The Morgan fingerprint density at radius 2 is 1.64 bits per heavy atom. The molecule has 0 aliphatic heterocycles. The van der Waals surface area contributed by atoms with Gasteiger partial charge in [0, 0.05) is 17.9 Å². The highest BCUT2D eigenvalue weighted by Crippen LogP contribution is 2.29. The van der Waals surface area contributed by atoms with Crippen LogP contribution in [-0.2, 0) is 6.18 Å². The van der Waals surface area contributed by atoms with Crippen LogP contribution in [0.5, 0.6) is 0 Å². The van der Waals surface area contributed by atoms with E-state index in [2.05, 4.69) is 6.58 Å². The minimum atomic E-state index is -4.39. The lowest BCUT2D eigenvalue weighted by Gasteiger charge is -2.12. The maximum absolute atomic E-state index is 12.5. The molecule has 2 aromatic carbocycles. The zero-order valence-corrected chi connectivity index (χ0v) is 11.8. The molecular weight excluding hydrogens is 289 g/mol. The predicted octanol–water partition coefficient (Wildman–Crippen LogP) is 5.25. The van der Waals surface area contributed by atoms with Crippen molar-refractivity contribution in [2.75, 3.05) is 0 Å². The van der Waals surface area contributed by atoms with Crippen LogP contribution in [0.4, 0.5) is 13.2 Å². The molecule has 0 aromatic heterocycles. The fraction of sp³-hybridized carbons (Fsp3) is 0.167. The van der Waals surface area contributed by atoms with Gasteiger partial charge in [0.2, 0.25) is 0 Å². The highest BCUT2D eigenvalue weighted by atomic mass is 19.4. The summed E-state index contributed by atoms with van der Waals surface area (Å²) in [5.41, 5.74) is 0.473. The molecule has 1 unspecified atom stereocenters. The number of carbonyl (C=O) groups is 1. The van der Waals surface area contributed by atoms with Crippen LogP contribution in [0.15, 0.2) is 67.3 Å². The zero-order valence-electron chi connectivity index (χ0n) is 11.8. The summed E-state index contributed by atoms with van der Waals surface area (Å²) in [7, 11) is 0. The van der Waals surface area contributed by atoms with E-state index in [1.54, 1.807) is 6.08 Å². The second-order valence-electron chi connectivity index (χ2n) is 4.96. The first kappa shape index (κ1) is 16.0. The van der Waals surface area contributed by atoms with E-state index in [-0.39, 0.29) is 23.7 Å². The lowest BCUT2D eigenvalue weighted by atomic mass is 9.91. The number of hydrogen-bond donors (Lipinski definition) is 0. The monoisotopic (exact) mass is 304 g/mol. The smallest absolute Gasteiger partial charge is 0.294 e. The third-order valence-electron chi connectivity index (χ3n) is 3.45. The molecule has 1 nitrogen and oxygen atoms in total. The van der Waals surface area contributed by atoms with Crippen molar-refractivity contribution in [1.82, 2.24) is 0 Å². The van der Waals surface area contributed by atoms with Crippen LogP contribution in [0.1, 0.15) is 33.8 Å². The average molecular weight is 304 g/mol. The molecule has 2 rings (SSSR count). The van der Waals surface area contributed by atoms with Gasteiger partial charge in [-0.25, -0.2) is 0 Å². The van der Waals surface area contributed by atoms with Crippen LogP contribution in [0.2, 0.25) is 0 Å². The summed E-state index contributed by atoms with van der Waals surface area (Å²) in [6.45, 7) is 3.73. The lowest BCUT2D eigenvalue weighted by Crippen LogP contribution is -2.08. The second-order valence-corrected chi connectivity index (χ2v) is 4.96. The highest BCUT2D eigenvalue weighted by molar-refractivity contribution is 5.96. The molecule has 114 valence electrons. The molecule has 0 spiro atoms. The Morgan fingerprint density at radius 3 is 2.14 bits per heavy atom. The number of alkyl halides is 3. The Labute approximate surface area is 127 Å². The number of carbonyl (C=O) groups excluding carboxylic acids is 1. The third-order valence-corrected chi connectivity index (χ3v) is 3.45. The number of rotatable bonds is 5. The van der Waals surface area contributed by atoms with E-state index in [4.69, 9.17) is 0 Å². The molecule has 0 amide bonds. The predicted molar refractivity (Wildman–Crippen MR) is 79.8 cm³/mol. The Balaban J connectivity index is 2.13. The third kappa shape index (κ3) is 3.85. The summed E-state index contributed by atoms with van der Waals surface area (Å²) >= 11 is 0. The van der Waals surface area contributed by atoms with Gasteiger partial charge in [-0.15, -0.1) is 6.58 Å². The summed E-state index contributed by atoms with van der Waals surface area (Å²) < 4.78 is 37.5. The maximum atomic E-state index is 12.5. The van der Waals surface area contributed by atoms with Gasteiger partial charge in [0.1, 0.15) is 0 Å². The van der Waals surface area contributed by atoms with E-state index in [0.29, 0.717) is 0 Å². The topological polar surface area (TPSA) is 17.1 Å². The van der Waals surface area contributed by atoms with Gasteiger partial charge in [-0.3, -0.25) is 4.79 Å². The molecule has 0 bridgehead atoms. The van der Waals surface area contributed by atoms with Crippen LogP contribution in [0.3, 0.4) is 0 Å². The molecule has 22 heavy (non-hydrogen) atoms. The largest absolute Gasteiger partial charge is 0.416 e. The molecule has 4 heteroatoms. The number of Topliss-reactive ketones (excluding diaryl/α,β-unsaturated/α-hetero) is 1. The molecule has 0 aliphatic rings. The number of hydrogen-bond acceptors (Lipinski definition) is 1. The molecule has 1 atom stereocenters. The Kier molecular flexibility index (Phi) is 4.81. The first-order valence-electron chi connectivity index (χ1n) is 6.80. The molecule has 2 aromatic rings. The van der Waals surface area contributed by atoms with Crippen LogP contribution in [0.25, 0.3) is 0 Å². The quantitative estimate of drug-likeness (QED) is 0.545. The molecule has 0 heterocycles. The lowest BCUT2D eigenvalue weighted by molar-refractivity contribution is -0.137. The van der Waals surface area contributed by atoms with Gasteiger partial charge in [-0.2, -0.15) is 13.2 Å². The average Bonchev–Trinajstić information content (AvgIpc) is 2.52. The summed E-state index contributed by atoms with van der Waals surface area (Å²) in [4.78, 5) is 12.2. The first-order chi connectivity index (χ1) is 10.4. The van der Waals surface area contributed by atoms with Crippen LogP contribution in [-0.4, -0.2) is 5.78 Å². The van der Waals surface area contributed by atoms with Crippen LogP contribution >= 0.6 is 0 Å². The normalized spacial score (nSPS) is 12.7. The van der Waals surface area contributed by atoms with Gasteiger partial charge in [0.25, 0.3) is 0 Å². The first-order valence-corrected chi connectivity index (χ1v) is 6.80. The fourth-order valence-electron chi connectivity index (χ4n) is 2.20. The molecule has 0 saturated carbocycles. The SMILES string of the molecule is C=CC(CC(=O)c1ccc(C(F)(F)F)cc1)c1ccccc1. The Morgan fingerprint density at radius 1 is 1.05 bits per heavy atom. The van der Waals surface area contributed by atoms with E-state index >= 15 is 0 Å². The molecule has 0 radical (unpaired) electrons. The summed E-state index contributed by atoms with van der Waals surface area (Å²) in [5, 5.41) is 0. The number of halogens is 3. The van der Waals surface area contributed by atoms with Crippen molar-refractivity contribution in [1.29, 1.82) is 0 Å². The molecular formula is C18H15F3O. The number of benzene rings is 2. The Hall–Kier alpha value is -2.36. The van der Waals surface area contributed by atoms with Crippen molar-refractivity contribution in [3.8, 4) is 0 Å². The highest BCUT2D eigenvalue weighted by Gasteiger charge is 2.30. The molecule has 0 fully saturated rings. The zero-order chi connectivity index (χ0) is 16.2. The minimum absolute atomic E-state index is 0.156. The standard InChI is InChI=1S/C18H15F3O/c1-2-13(14-6-4-3-5-7-14)12-17(22)15-8-10-16(11-9-15)18(19,20)21/h2-11,13H,1,12H2. The van der Waals surface area contributed by atoms with E-state index in [9.17, 15) is 18.0 Å². The Bertz CT molecular complexity index is 642. The van der Waals surface area contributed by atoms with Crippen molar-refractivity contribution >= 4 is 5.78 Å². The molecule has 0 N–H and O–H groups in total. The van der Waals surface area contributed by atoms with E-state index < -0.39 is 11.7 Å². The van der Waals surface area contributed by atoms with Crippen molar-refractivity contribution in [3.05, 3.63) is 83.9 Å². The fourth-order valence-corrected chi connectivity index (χ4v) is 2.20. The summed E-state index contributed by atoms with van der Waals surface area (Å²) in [6, 6.07) is 13.7. The summed E-state index contributed by atoms with van der Waals surface area (Å²) in [6.07, 6.45) is -2.54. The van der Waals surface area contributed by atoms with Gasteiger partial charge in [0.15, 0.2) is 5.78 Å².